The van der Waals surface area contributed by atoms with Crippen molar-refractivity contribution in [2.75, 3.05) is 25.9 Å². The zero-order valence-electron chi connectivity index (χ0n) is 9.41. The van der Waals surface area contributed by atoms with Gasteiger partial charge in [0.1, 0.15) is 0 Å². The molecule has 1 atom stereocenters. The third kappa shape index (κ3) is 2.31. The molecule has 6 heteroatoms. The highest BCUT2D eigenvalue weighted by Gasteiger charge is 2.43. The lowest BCUT2D eigenvalue weighted by atomic mass is 9.89. The summed E-state index contributed by atoms with van der Waals surface area (Å²) in [4.78, 5) is 11.6. The molecule has 1 fully saturated rings. The highest BCUT2D eigenvalue weighted by molar-refractivity contribution is 7.89. The number of rotatable bonds is 3. The number of hydrogen-bond acceptors (Lipinski definition) is 3. The number of carbonyl (C=O) groups is 1. The molecule has 1 aliphatic heterocycles. The zero-order chi connectivity index (χ0) is 11.7. The highest BCUT2D eigenvalue weighted by Crippen LogP contribution is 2.31. The predicted molar refractivity (Wildman–Crippen MR) is 57.8 cm³/mol. The molecule has 0 radical (unpaired) electrons. The van der Waals surface area contributed by atoms with E-state index in [9.17, 15) is 13.2 Å². The van der Waals surface area contributed by atoms with Crippen LogP contribution in [0.2, 0.25) is 0 Å². The second-order valence-electron chi connectivity index (χ2n) is 4.12. The monoisotopic (exact) mass is 234 g/mol. The summed E-state index contributed by atoms with van der Waals surface area (Å²) in [5, 5.41) is 2.58. The fraction of sp³-hybridized carbons (Fsp3) is 0.889. The number of nitrogens with one attached hydrogen (secondary N) is 1. The lowest BCUT2D eigenvalue weighted by molar-refractivity contribution is -0.128. The van der Waals surface area contributed by atoms with Gasteiger partial charge in [-0.05, 0) is 20.3 Å². The first-order valence-electron chi connectivity index (χ1n) is 5.06. The van der Waals surface area contributed by atoms with Crippen LogP contribution >= 0.6 is 0 Å². The lowest BCUT2D eigenvalue weighted by Crippen LogP contribution is -2.40. The maximum atomic E-state index is 11.6. The van der Waals surface area contributed by atoms with Gasteiger partial charge < -0.3 is 5.32 Å². The Labute approximate surface area is 90.9 Å². The van der Waals surface area contributed by atoms with Crippen LogP contribution in [0.25, 0.3) is 0 Å². The molecule has 1 amide bonds. The summed E-state index contributed by atoms with van der Waals surface area (Å²) < 4.78 is 24.6. The molecule has 88 valence electrons. The molecular formula is C9H18N2O3S. The number of sulfonamides is 1. The molecule has 0 aromatic heterocycles. The Balaban J connectivity index is 2.80. The van der Waals surface area contributed by atoms with Crippen molar-refractivity contribution in [1.29, 1.82) is 0 Å². The van der Waals surface area contributed by atoms with E-state index in [1.54, 1.807) is 20.9 Å². The van der Waals surface area contributed by atoms with Crippen LogP contribution in [-0.4, -0.2) is 44.5 Å². The fourth-order valence-electron chi connectivity index (χ4n) is 1.83. The summed E-state index contributed by atoms with van der Waals surface area (Å²) in [5.74, 6) is 0.00732. The Bertz CT molecular complexity index is 352. The molecule has 1 heterocycles. The summed E-state index contributed by atoms with van der Waals surface area (Å²) in [7, 11) is -1.58. The van der Waals surface area contributed by atoms with Crippen molar-refractivity contribution in [3.05, 3.63) is 0 Å². The van der Waals surface area contributed by atoms with Gasteiger partial charge in [0.2, 0.25) is 15.9 Å². The van der Waals surface area contributed by atoms with Crippen LogP contribution in [-0.2, 0) is 14.8 Å². The van der Waals surface area contributed by atoms with E-state index in [0.717, 1.165) is 0 Å². The van der Waals surface area contributed by atoms with Crippen molar-refractivity contribution < 1.29 is 13.2 Å². The average molecular weight is 234 g/mol. The van der Waals surface area contributed by atoms with E-state index in [-0.39, 0.29) is 11.7 Å². The van der Waals surface area contributed by atoms with Crippen LogP contribution in [0.4, 0.5) is 0 Å². The zero-order valence-corrected chi connectivity index (χ0v) is 10.2. The summed E-state index contributed by atoms with van der Waals surface area (Å²) in [6.07, 6.45) is 0.589. The Morgan fingerprint density at radius 2 is 2.13 bits per heavy atom. The van der Waals surface area contributed by atoms with Crippen LogP contribution in [0.1, 0.15) is 20.3 Å². The first kappa shape index (κ1) is 12.4. The third-order valence-electron chi connectivity index (χ3n) is 2.97. The second-order valence-corrected chi connectivity index (χ2v) is 6.38. The average Bonchev–Trinajstić information content (AvgIpc) is 2.61. The van der Waals surface area contributed by atoms with Gasteiger partial charge in [0.25, 0.3) is 0 Å². The Morgan fingerprint density at radius 1 is 1.53 bits per heavy atom. The Hall–Kier alpha value is -0.620. The number of carbonyl (C=O) groups excluding carboxylic acids is 1. The van der Waals surface area contributed by atoms with Gasteiger partial charge in [-0.3, -0.25) is 4.79 Å². The second kappa shape index (κ2) is 4.09. The van der Waals surface area contributed by atoms with Crippen LogP contribution < -0.4 is 5.32 Å². The van der Waals surface area contributed by atoms with Gasteiger partial charge in [-0.2, -0.15) is 0 Å². The molecule has 5 nitrogen and oxygen atoms in total. The molecular weight excluding hydrogens is 216 g/mol. The Kier molecular flexibility index (Phi) is 3.40. The molecule has 0 bridgehead atoms. The van der Waals surface area contributed by atoms with E-state index in [2.05, 4.69) is 5.32 Å². The smallest absolute Gasteiger partial charge is 0.227 e. The highest BCUT2D eigenvalue weighted by atomic mass is 32.2. The molecule has 1 aliphatic rings. The van der Waals surface area contributed by atoms with Gasteiger partial charge in [-0.25, -0.2) is 12.7 Å². The minimum Gasteiger partial charge on any atom is -0.359 e. The van der Waals surface area contributed by atoms with Gasteiger partial charge in [-0.1, -0.05) is 0 Å². The van der Waals surface area contributed by atoms with Crippen molar-refractivity contribution in [2.24, 2.45) is 5.41 Å². The topological polar surface area (TPSA) is 66.5 Å². The number of hydrogen-bond donors (Lipinski definition) is 1. The van der Waals surface area contributed by atoms with E-state index < -0.39 is 15.4 Å². The third-order valence-corrected chi connectivity index (χ3v) is 4.80. The molecule has 0 aliphatic carbocycles. The maximum Gasteiger partial charge on any atom is 0.227 e. The van der Waals surface area contributed by atoms with E-state index >= 15 is 0 Å². The van der Waals surface area contributed by atoms with Crippen LogP contribution in [0.3, 0.4) is 0 Å². The van der Waals surface area contributed by atoms with Crippen molar-refractivity contribution in [3.8, 4) is 0 Å². The molecule has 1 rings (SSSR count). The van der Waals surface area contributed by atoms with Gasteiger partial charge >= 0.3 is 0 Å². The molecule has 1 saturated heterocycles. The van der Waals surface area contributed by atoms with Crippen LogP contribution in [0.5, 0.6) is 0 Å². The fourth-order valence-corrected chi connectivity index (χ4v) is 3.04. The molecule has 0 spiro atoms. The van der Waals surface area contributed by atoms with E-state index in [1.165, 1.54) is 4.31 Å². The summed E-state index contributed by atoms with van der Waals surface area (Å²) in [6, 6.07) is 0. The molecule has 0 saturated carbocycles. The first-order valence-corrected chi connectivity index (χ1v) is 6.66. The van der Waals surface area contributed by atoms with Gasteiger partial charge in [0, 0.05) is 20.1 Å². The van der Waals surface area contributed by atoms with Crippen LogP contribution in [0, 0.1) is 5.41 Å². The number of amides is 1. The lowest BCUT2D eigenvalue weighted by Gasteiger charge is -2.22. The van der Waals surface area contributed by atoms with E-state index in [4.69, 9.17) is 0 Å². The van der Waals surface area contributed by atoms with Crippen molar-refractivity contribution in [1.82, 2.24) is 9.62 Å². The predicted octanol–water partition coefficient (Wildman–Crippen LogP) is -0.206. The minimum atomic E-state index is -3.16. The molecule has 0 aromatic rings. The van der Waals surface area contributed by atoms with Gasteiger partial charge in [0.05, 0.1) is 11.2 Å². The maximum absolute atomic E-state index is 11.6. The molecule has 0 aromatic carbocycles. The first-order chi connectivity index (χ1) is 6.85. The van der Waals surface area contributed by atoms with E-state index in [1.807, 2.05) is 0 Å². The standard InChI is InChI=1S/C9H18N2O3S/c1-4-15(13,14)11-6-5-9(2,7-11)8(12)10-3/h4-7H2,1-3H3,(H,10,12). The molecule has 1 unspecified atom stereocenters. The largest absolute Gasteiger partial charge is 0.359 e. The normalized spacial score (nSPS) is 27.9. The summed E-state index contributed by atoms with van der Waals surface area (Å²) in [5.41, 5.74) is -0.572. The van der Waals surface area contributed by atoms with Crippen LogP contribution in [0.15, 0.2) is 0 Å². The van der Waals surface area contributed by atoms with Crippen molar-refractivity contribution in [3.63, 3.8) is 0 Å². The summed E-state index contributed by atoms with van der Waals surface area (Å²) >= 11 is 0. The van der Waals surface area contributed by atoms with Crippen molar-refractivity contribution >= 4 is 15.9 Å². The van der Waals surface area contributed by atoms with Gasteiger partial charge in [0.15, 0.2) is 0 Å². The van der Waals surface area contributed by atoms with Gasteiger partial charge in [-0.15, -0.1) is 0 Å². The van der Waals surface area contributed by atoms with Crippen molar-refractivity contribution in [2.45, 2.75) is 20.3 Å². The summed E-state index contributed by atoms with van der Waals surface area (Å²) in [6.45, 7) is 4.16. The quantitative estimate of drug-likeness (QED) is 0.735. The van der Waals surface area contributed by atoms with E-state index in [0.29, 0.717) is 19.5 Å². The molecule has 1 N–H and O–H groups in total. The minimum absolute atomic E-state index is 0.0868. The number of nitrogens with zero attached hydrogens (tertiary/aromatic N) is 1. The SMILES string of the molecule is CCS(=O)(=O)N1CCC(C)(C(=O)NC)C1. The Morgan fingerprint density at radius 3 is 2.60 bits per heavy atom. The molecule has 15 heavy (non-hydrogen) atoms.